The fourth-order valence-electron chi connectivity index (χ4n) is 2.52. The highest BCUT2D eigenvalue weighted by Gasteiger charge is 2.24. The summed E-state index contributed by atoms with van der Waals surface area (Å²) in [5, 5.41) is 9.31. The molecule has 0 radical (unpaired) electrons. The van der Waals surface area contributed by atoms with E-state index in [9.17, 15) is 5.26 Å². The van der Waals surface area contributed by atoms with E-state index in [0.717, 1.165) is 23.1 Å². The molecule has 2 aromatic rings. The number of fused-ring (bicyclic) bond motifs is 1. The van der Waals surface area contributed by atoms with Crippen LogP contribution in [0.4, 0.5) is 0 Å². The molecule has 2 rings (SSSR count). The number of rotatable bonds is 4. The van der Waals surface area contributed by atoms with Gasteiger partial charge in [0.1, 0.15) is 5.52 Å². The normalized spacial score (nSPS) is 14.5. The van der Waals surface area contributed by atoms with E-state index < -0.39 is 0 Å². The lowest BCUT2D eigenvalue weighted by Gasteiger charge is -2.28. The minimum Gasteiger partial charge on any atom is -0.441 e. The van der Waals surface area contributed by atoms with Gasteiger partial charge in [-0.15, -0.1) is 0 Å². The molecule has 0 N–H and O–H groups in total. The van der Waals surface area contributed by atoms with Gasteiger partial charge in [-0.1, -0.05) is 13.0 Å². The van der Waals surface area contributed by atoms with Crippen molar-refractivity contribution in [3.05, 3.63) is 29.7 Å². The van der Waals surface area contributed by atoms with Crippen LogP contribution in [0.3, 0.4) is 0 Å². The highest BCUT2D eigenvalue weighted by Crippen LogP contribution is 2.30. The van der Waals surface area contributed by atoms with Gasteiger partial charge in [-0.05, 0) is 38.2 Å². The number of hydrogen-bond acceptors (Lipinski definition) is 4. The minimum atomic E-state index is -0.0310. The van der Waals surface area contributed by atoms with Crippen molar-refractivity contribution in [3.63, 3.8) is 0 Å². The van der Waals surface area contributed by atoms with Crippen molar-refractivity contribution in [1.82, 2.24) is 9.88 Å². The van der Waals surface area contributed by atoms with Crippen LogP contribution >= 0.6 is 0 Å². The first kappa shape index (κ1) is 13.6. The van der Waals surface area contributed by atoms with Crippen LogP contribution in [0.25, 0.3) is 11.1 Å². The zero-order chi connectivity index (χ0) is 14.0. The Morgan fingerprint density at radius 2 is 2.16 bits per heavy atom. The first-order valence-corrected chi connectivity index (χ1v) is 6.50. The van der Waals surface area contributed by atoms with E-state index >= 15 is 0 Å². The maximum atomic E-state index is 9.31. The number of benzene rings is 1. The topological polar surface area (TPSA) is 53.1 Å². The molecular weight excluding hydrogens is 238 g/mol. The first-order valence-electron chi connectivity index (χ1n) is 6.50. The van der Waals surface area contributed by atoms with E-state index in [1.165, 1.54) is 0 Å². The Labute approximate surface area is 113 Å². The van der Waals surface area contributed by atoms with Crippen molar-refractivity contribution in [2.75, 3.05) is 14.1 Å². The van der Waals surface area contributed by atoms with Crippen molar-refractivity contribution >= 4 is 11.1 Å². The largest absolute Gasteiger partial charge is 0.441 e. The summed E-state index contributed by atoms with van der Waals surface area (Å²) in [4.78, 5) is 6.38. The molecule has 0 saturated heterocycles. The molecule has 0 amide bonds. The van der Waals surface area contributed by atoms with Crippen molar-refractivity contribution in [1.29, 1.82) is 5.26 Å². The highest BCUT2D eigenvalue weighted by atomic mass is 16.3. The molecule has 2 atom stereocenters. The lowest BCUT2D eigenvalue weighted by Crippen LogP contribution is -2.26. The summed E-state index contributed by atoms with van der Waals surface area (Å²) in [7, 11) is 4.00. The molecule has 19 heavy (non-hydrogen) atoms. The van der Waals surface area contributed by atoms with Gasteiger partial charge >= 0.3 is 0 Å². The third-order valence-electron chi connectivity index (χ3n) is 3.40. The quantitative estimate of drug-likeness (QED) is 0.843. The van der Waals surface area contributed by atoms with Gasteiger partial charge in [-0.2, -0.15) is 5.26 Å². The Balaban J connectivity index is 2.47. The molecular formula is C15H19N3O. The number of aromatic nitrogens is 1. The molecule has 1 aromatic heterocycles. The van der Waals surface area contributed by atoms with Crippen molar-refractivity contribution < 1.29 is 4.42 Å². The number of nitriles is 1. The molecule has 1 aromatic carbocycles. The van der Waals surface area contributed by atoms with E-state index in [0.29, 0.717) is 5.89 Å². The van der Waals surface area contributed by atoms with E-state index in [2.05, 4.69) is 16.0 Å². The molecule has 0 aliphatic heterocycles. The van der Waals surface area contributed by atoms with Crippen LogP contribution in [0.15, 0.2) is 22.6 Å². The Bertz CT molecular complexity index is 609. The molecule has 0 aliphatic carbocycles. The summed E-state index contributed by atoms with van der Waals surface area (Å²) in [6.07, 6.45) is 0.826. The van der Waals surface area contributed by atoms with Gasteiger partial charge in [0.15, 0.2) is 11.5 Å². The van der Waals surface area contributed by atoms with E-state index in [-0.39, 0.29) is 12.0 Å². The number of aryl methyl sites for hydroxylation is 1. The Morgan fingerprint density at radius 1 is 1.42 bits per heavy atom. The summed E-state index contributed by atoms with van der Waals surface area (Å²) in [5.74, 6) is 0.636. The second kappa shape index (κ2) is 5.41. The van der Waals surface area contributed by atoms with Crippen LogP contribution in [-0.4, -0.2) is 24.0 Å². The molecule has 0 aliphatic rings. The van der Waals surface area contributed by atoms with Gasteiger partial charge in [0.25, 0.3) is 0 Å². The average Bonchev–Trinajstić information content (AvgIpc) is 2.74. The standard InChI is InChI=1S/C15H19N3O/c1-5-11(9-16)15(18(3)4)12-6-7-13-14(8-12)19-10(2)17-13/h6-8,11,15H,5H2,1-4H3. The lowest BCUT2D eigenvalue weighted by molar-refractivity contribution is 0.241. The maximum absolute atomic E-state index is 9.31. The molecule has 2 unspecified atom stereocenters. The van der Waals surface area contributed by atoms with Crippen LogP contribution in [0.2, 0.25) is 0 Å². The molecule has 0 saturated carbocycles. The van der Waals surface area contributed by atoms with Gasteiger partial charge < -0.3 is 9.32 Å². The molecule has 100 valence electrons. The SMILES string of the molecule is CCC(C#N)C(c1ccc2nc(C)oc2c1)N(C)C. The predicted octanol–water partition coefficient (Wildman–Crippen LogP) is 3.29. The summed E-state index contributed by atoms with van der Waals surface area (Å²) in [6, 6.07) is 8.47. The average molecular weight is 257 g/mol. The van der Waals surface area contributed by atoms with Crippen LogP contribution in [-0.2, 0) is 0 Å². The minimum absolute atomic E-state index is 0.0310. The van der Waals surface area contributed by atoms with Crippen LogP contribution in [0.1, 0.15) is 30.8 Å². The molecule has 0 fully saturated rings. The fraction of sp³-hybridized carbons (Fsp3) is 0.467. The number of nitrogens with zero attached hydrogens (tertiary/aromatic N) is 3. The Morgan fingerprint density at radius 3 is 2.74 bits per heavy atom. The first-order chi connectivity index (χ1) is 9.06. The monoisotopic (exact) mass is 257 g/mol. The summed E-state index contributed by atoms with van der Waals surface area (Å²) in [5.41, 5.74) is 2.75. The second-order valence-electron chi connectivity index (χ2n) is 5.01. The van der Waals surface area contributed by atoms with Gasteiger partial charge in [-0.25, -0.2) is 4.98 Å². The van der Waals surface area contributed by atoms with E-state index in [1.54, 1.807) is 0 Å². The fourth-order valence-corrected chi connectivity index (χ4v) is 2.52. The van der Waals surface area contributed by atoms with Gasteiger partial charge in [0.2, 0.25) is 0 Å². The van der Waals surface area contributed by atoms with Crippen molar-refractivity contribution in [2.24, 2.45) is 5.92 Å². The molecule has 0 spiro atoms. The van der Waals surface area contributed by atoms with Crippen LogP contribution in [0.5, 0.6) is 0 Å². The number of hydrogen-bond donors (Lipinski definition) is 0. The smallest absolute Gasteiger partial charge is 0.192 e. The van der Waals surface area contributed by atoms with Gasteiger partial charge in [0.05, 0.1) is 18.0 Å². The molecule has 4 nitrogen and oxygen atoms in total. The van der Waals surface area contributed by atoms with Crippen LogP contribution < -0.4 is 0 Å². The maximum Gasteiger partial charge on any atom is 0.192 e. The van der Waals surface area contributed by atoms with Gasteiger partial charge in [0, 0.05) is 6.92 Å². The second-order valence-corrected chi connectivity index (χ2v) is 5.01. The van der Waals surface area contributed by atoms with Crippen molar-refractivity contribution in [2.45, 2.75) is 26.3 Å². The number of oxazole rings is 1. The zero-order valence-electron chi connectivity index (χ0n) is 11.8. The summed E-state index contributed by atoms with van der Waals surface area (Å²) in [6.45, 7) is 3.88. The predicted molar refractivity (Wildman–Crippen MR) is 74.6 cm³/mol. The third-order valence-corrected chi connectivity index (χ3v) is 3.40. The summed E-state index contributed by atoms with van der Waals surface area (Å²) < 4.78 is 5.57. The molecule has 1 heterocycles. The van der Waals surface area contributed by atoms with E-state index in [1.807, 2.05) is 46.1 Å². The van der Waals surface area contributed by atoms with E-state index in [4.69, 9.17) is 4.42 Å². The Hall–Kier alpha value is -1.86. The third kappa shape index (κ3) is 2.61. The molecule has 4 heteroatoms. The summed E-state index contributed by atoms with van der Waals surface area (Å²) >= 11 is 0. The van der Waals surface area contributed by atoms with Crippen LogP contribution in [0, 0.1) is 24.2 Å². The molecule has 0 bridgehead atoms. The lowest BCUT2D eigenvalue weighted by atomic mass is 9.91. The van der Waals surface area contributed by atoms with Gasteiger partial charge in [-0.3, -0.25) is 0 Å². The highest BCUT2D eigenvalue weighted by molar-refractivity contribution is 5.73. The Kier molecular flexibility index (Phi) is 3.87. The zero-order valence-corrected chi connectivity index (χ0v) is 11.8. The van der Waals surface area contributed by atoms with Crippen molar-refractivity contribution in [3.8, 4) is 6.07 Å².